The Morgan fingerprint density at radius 2 is 1.89 bits per heavy atom. The molecule has 13 unspecified atom stereocenters. The third-order valence-electron chi connectivity index (χ3n) is 15.6. The van der Waals surface area contributed by atoms with E-state index in [1.54, 1.807) is 7.11 Å². The molecule has 11 heteroatoms. The van der Waals surface area contributed by atoms with Crippen LogP contribution in [0.25, 0.3) is 0 Å². The summed E-state index contributed by atoms with van der Waals surface area (Å²) in [5.74, 6) is 0.900. The Hall–Kier alpha value is -1.71. The van der Waals surface area contributed by atoms with Crippen molar-refractivity contribution in [1.29, 1.82) is 0 Å². The number of hydrogen-bond donors (Lipinski definition) is 3. The predicted octanol–water partition coefficient (Wildman–Crippen LogP) is 4.01. The largest absolute Gasteiger partial charge is 0.496 e. The number of para-hydroxylation sites is 1. The molecule has 10 rings (SSSR count). The Morgan fingerprint density at radius 1 is 1.08 bits per heavy atom. The van der Waals surface area contributed by atoms with Gasteiger partial charge < -0.3 is 34.6 Å². The quantitative estimate of drug-likeness (QED) is 0.232. The molecule has 2 aromatic rings. The molecule has 13 atom stereocenters. The molecule has 1 spiro atoms. The van der Waals surface area contributed by atoms with E-state index in [0.717, 1.165) is 75.4 Å². The van der Waals surface area contributed by atoms with E-state index in [9.17, 15) is 15.0 Å². The Kier molecular flexibility index (Phi) is 8.81. The number of epoxide rings is 1. The Balaban J connectivity index is 0.00000372. The van der Waals surface area contributed by atoms with E-state index in [0.29, 0.717) is 18.3 Å². The number of carbonyl (C=O) groups is 1. The smallest absolute Gasteiger partial charge is 0.342 e. The number of likely N-dealkylation sites (N-methyl/N-ethyl adjacent to an activating group) is 1. The van der Waals surface area contributed by atoms with Crippen LogP contribution in [0.3, 0.4) is 0 Å². The SMILES string of the molecule is CCC12CN3CCC4c5ccccc5NC4C(c4cc5c(cc4OC)N(C)C4C(O)(C(=O)OC)C(O)C6(CC)C=CCN7CCC54C76)CC(C3)C1O2.[Ac]. The molecular formula is C42H54AcN4O6. The molecule has 7 heterocycles. The van der Waals surface area contributed by atoms with Crippen LogP contribution >= 0.6 is 0 Å². The van der Waals surface area contributed by atoms with Gasteiger partial charge in [-0.3, -0.25) is 9.80 Å². The molecule has 10 nitrogen and oxygen atoms in total. The van der Waals surface area contributed by atoms with Crippen LogP contribution in [0.15, 0.2) is 48.6 Å². The molecule has 4 saturated heterocycles. The van der Waals surface area contributed by atoms with Gasteiger partial charge in [0.25, 0.3) is 0 Å². The van der Waals surface area contributed by atoms with E-state index >= 15 is 0 Å². The minimum absolute atomic E-state index is 0. The number of nitrogens with zero attached hydrogens (tertiary/aromatic N) is 3. The maximum atomic E-state index is 14.0. The summed E-state index contributed by atoms with van der Waals surface area (Å²) in [6, 6.07) is 12.8. The molecule has 1 aliphatic carbocycles. The number of ether oxygens (including phenoxy) is 3. The Bertz CT molecular complexity index is 1860. The van der Waals surface area contributed by atoms with E-state index in [2.05, 4.69) is 82.4 Å². The van der Waals surface area contributed by atoms with Crippen molar-refractivity contribution in [2.24, 2.45) is 11.3 Å². The van der Waals surface area contributed by atoms with Crippen LogP contribution in [-0.4, -0.2) is 122 Å². The monoisotopic (exact) mass is 937 g/mol. The summed E-state index contributed by atoms with van der Waals surface area (Å²) in [5, 5.41) is 29.3. The van der Waals surface area contributed by atoms with Crippen LogP contribution in [0.2, 0.25) is 0 Å². The number of nitrogens with one attached hydrogen (secondary N) is 1. The zero-order chi connectivity index (χ0) is 35.9. The molecule has 0 amide bonds. The summed E-state index contributed by atoms with van der Waals surface area (Å²) in [6.45, 7) is 9.04. The van der Waals surface area contributed by atoms with Crippen LogP contribution in [0.1, 0.15) is 74.5 Å². The minimum atomic E-state index is -2.16. The molecule has 2 aromatic carbocycles. The Labute approximate surface area is 349 Å². The Morgan fingerprint density at radius 3 is 2.64 bits per heavy atom. The van der Waals surface area contributed by atoms with Crippen molar-refractivity contribution in [3.63, 3.8) is 0 Å². The number of carbonyl (C=O) groups excluding carboxylic acids is 1. The number of rotatable bonds is 5. The number of esters is 1. The fourth-order valence-electron chi connectivity index (χ4n) is 13.5. The normalized spacial score (nSPS) is 44.0. The molecule has 281 valence electrons. The van der Waals surface area contributed by atoms with Crippen molar-refractivity contribution < 1.29 is 73.3 Å². The summed E-state index contributed by atoms with van der Waals surface area (Å²) in [4.78, 5) is 21.2. The van der Waals surface area contributed by atoms with Crippen molar-refractivity contribution in [3.8, 4) is 5.75 Å². The molecule has 1 saturated carbocycles. The zero-order valence-electron chi connectivity index (χ0n) is 31.8. The third-order valence-corrected chi connectivity index (χ3v) is 15.6. The molecule has 53 heavy (non-hydrogen) atoms. The summed E-state index contributed by atoms with van der Waals surface area (Å²) < 4.78 is 18.4. The molecule has 0 aromatic heterocycles. The number of methoxy groups -OCH3 is 2. The van der Waals surface area contributed by atoms with E-state index in [-0.39, 0.29) is 73.8 Å². The number of aliphatic hydroxyl groups is 2. The second kappa shape index (κ2) is 12.6. The topological polar surface area (TPSA) is 110 Å². The number of piperidine rings is 1. The minimum Gasteiger partial charge on any atom is -0.496 e. The first kappa shape index (κ1) is 36.9. The average Bonchev–Trinajstić information content (AvgIpc) is 3.46. The van der Waals surface area contributed by atoms with E-state index in [1.165, 1.54) is 23.9 Å². The zero-order valence-corrected chi connectivity index (χ0v) is 36.5. The van der Waals surface area contributed by atoms with E-state index in [4.69, 9.17) is 14.2 Å². The fraction of sp³-hybridized carbons (Fsp3) is 0.643. The van der Waals surface area contributed by atoms with Crippen LogP contribution in [0.4, 0.5) is 11.4 Å². The van der Waals surface area contributed by atoms with Gasteiger partial charge >= 0.3 is 5.97 Å². The van der Waals surface area contributed by atoms with Crippen LogP contribution in [0, 0.1) is 55.4 Å². The molecule has 5 fully saturated rings. The van der Waals surface area contributed by atoms with Gasteiger partial charge in [-0.25, -0.2) is 4.79 Å². The van der Waals surface area contributed by atoms with Gasteiger partial charge in [-0.1, -0.05) is 44.2 Å². The molecular weight excluding hydrogens is 883 g/mol. The molecule has 3 N–H and O–H groups in total. The van der Waals surface area contributed by atoms with Gasteiger partial charge in [-0.2, -0.15) is 0 Å². The standard InChI is InChI=1S/C42H54N4O6.Ac/c1-6-39-14-10-16-46-18-15-41(35(39)46)29-20-27(32(50-4)21-31(29)44(3)36(41)42(49,37(39)47)38(48)51-5)28-19-24-22-45(23-40(7-2)34(24)52-40)17-13-26-25-11-8-9-12-30(25)43-33(26)28;/h8-12,14,20-21,24,26,28,33-37,43,47,49H,6-7,13,15-19,22-23H2,1-5H3;. The average molecular weight is 938 g/mol. The van der Waals surface area contributed by atoms with Crippen LogP contribution in [-0.2, 0) is 19.7 Å². The van der Waals surface area contributed by atoms with Gasteiger partial charge in [0.2, 0.25) is 5.60 Å². The first-order chi connectivity index (χ1) is 25.1. The first-order valence-electron chi connectivity index (χ1n) is 19.7. The summed E-state index contributed by atoms with van der Waals surface area (Å²) >= 11 is 0. The van der Waals surface area contributed by atoms with Crippen molar-refractivity contribution in [1.82, 2.24) is 9.80 Å². The van der Waals surface area contributed by atoms with E-state index < -0.39 is 34.5 Å². The number of anilines is 2. The maximum absolute atomic E-state index is 14.0. The van der Waals surface area contributed by atoms with Crippen molar-refractivity contribution in [3.05, 3.63) is 65.2 Å². The third kappa shape index (κ3) is 4.62. The van der Waals surface area contributed by atoms with Gasteiger partial charge in [0.1, 0.15) is 17.5 Å². The maximum Gasteiger partial charge on any atom is 0.342 e. The van der Waals surface area contributed by atoms with E-state index in [1.807, 2.05) is 7.05 Å². The number of hydrogen-bond acceptors (Lipinski definition) is 10. The second-order valence-corrected chi connectivity index (χ2v) is 17.3. The van der Waals surface area contributed by atoms with Crippen LogP contribution < -0.4 is 15.0 Å². The summed E-state index contributed by atoms with van der Waals surface area (Å²) in [6.07, 6.45) is 7.54. The van der Waals surface area contributed by atoms with Gasteiger partial charge in [0.05, 0.1) is 26.4 Å². The van der Waals surface area contributed by atoms with Gasteiger partial charge in [0, 0.05) is 129 Å². The molecule has 8 aliphatic rings. The summed E-state index contributed by atoms with van der Waals surface area (Å²) in [5.41, 5.74) is 2.23. The fourth-order valence-corrected chi connectivity index (χ4v) is 13.5. The number of fused-ring (bicyclic) bond motifs is 8. The number of aliphatic hydroxyl groups excluding tert-OH is 1. The van der Waals surface area contributed by atoms with Gasteiger partial charge in [-0.15, -0.1) is 0 Å². The first-order valence-corrected chi connectivity index (χ1v) is 19.7. The van der Waals surface area contributed by atoms with Crippen LogP contribution in [0.5, 0.6) is 5.75 Å². The van der Waals surface area contributed by atoms with Gasteiger partial charge in [0.15, 0.2) is 0 Å². The predicted molar refractivity (Wildman–Crippen MR) is 198 cm³/mol. The molecule has 2 bridgehead atoms. The molecule has 1 radical (unpaired) electrons. The van der Waals surface area contributed by atoms with Crippen molar-refractivity contribution in [2.45, 2.75) is 105 Å². The van der Waals surface area contributed by atoms with Gasteiger partial charge in [-0.05, 0) is 74.0 Å². The second-order valence-electron chi connectivity index (χ2n) is 17.3. The summed E-state index contributed by atoms with van der Waals surface area (Å²) in [7, 11) is 5.05. The number of benzene rings is 2. The molecule has 7 aliphatic heterocycles. The van der Waals surface area contributed by atoms with Crippen molar-refractivity contribution >= 4 is 17.3 Å². The van der Waals surface area contributed by atoms with Crippen molar-refractivity contribution in [2.75, 3.05) is 64.2 Å².